The van der Waals surface area contributed by atoms with Crippen molar-refractivity contribution < 1.29 is 9.18 Å². The molecule has 2 N–H and O–H groups in total. The maximum absolute atomic E-state index is 14.6. The maximum atomic E-state index is 14.6. The van der Waals surface area contributed by atoms with Crippen LogP contribution in [0.5, 0.6) is 0 Å². The molecule has 4 aromatic rings. The third-order valence-electron chi connectivity index (χ3n) is 5.68. The van der Waals surface area contributed by atoms with Gasteiger partial charge >= 0.3 is 0 Å². The first kappa shape index (κ1) is 19.4. The third-order valence-corrected chi connectivity index (χ3v) is 5.68. The largest absolute Gasteiger partial charge is 0.357 e. The van der Waals surface area contributed by atoms with Crippen LogP contribution in [0.15, 0.2) is 53.5 Å². The normalized spacial score (nSPS) is 13.9. The number of aromatic amines is 1. The lowest BCUT2D eigenvalue weighted by Crippen LogP contribution is -2.27. The van der Waals surface area contributed by atoms with Crippen LogP contribution < -0.4 is 10.9 Å². The van der Waals surface area contributed by atoms with Crippen molar-refractivity contribution in [2.45, 2.75) is 32.0 Å². The number of rotatable bonds is 6. The number of halogens is 1. The Bertz CT molecular complexity index is 1360. The van der Waals surface area contributed by atoms with Gasteiger partial charge < -0.3 is 10.3 Å². The number of carbonyl (C=O) groups is 1. The van der Waals surface area contributed by atoms with E-state index in [2.05, 4.69) is 27.2 Å². The highest BCUT2D eigenvalue weighted by Crippen LogP contribution is 2.27. The van der Waals surface area contributed by atoms with E-state index in [0.717, 1.165) is 23.1 Å². The highest BCUT2D eigenvalue weighted by Gasteiger charge is 2.26. The van der Waals surface area contributed by atoms with Crippen molar-refractivity contribution in [2.75, 3.05) is 7.05 Å². The molecule has 1 amide bonds. The van der Waals surface area contributed by atoms with E-state index in [4.69, 9.17) is 0 Å². The maximum Gasteiger partial charge on any atom is 0.270 e. The highest BCUT2D eigenvalue weighted by molar-refractivity contribution is 5.92. The highest BCUT2D eigenvalue weighted by atomic mass is 19.1. The van der Waals surface area contributed by atoms with Gasteiger partial charge in [0, 0.05) is 53.6 Å². The molecule has 5 rings (SSSR count). The molecule has 3 aromatic heterocycles. The van der Waals surface area contributed by atoms with Gasteiger partial charge in [-0.15, -0.1) is 0 Å². The van der Waals surface area contributed by atoms with Crippen molar-refractivity contribution in [3.63, 3.8) is 0 Å². The molecule has 1 aliphatic carbocycles. The van der Waals surface area contributed by atoms with Gasteiger partial charge in [-0.2, -0.15) is 0 Å². The van der Waals surface area contributed by atoms with E-state index in [1.54, 1.807) is 30.5 Å². The zero-order valence-electron chi connectivity index (χ0n) is 17.1. The van der Waals surface area contributed by atoms with E-state index >= 15 is 0 Å². The van der Waals surface area contributed by atoms with Crippen molar-refractivity contribution in [2.24, 2.45) is 0 Å². The summed E-state index contributed by atoms with van der Waals surface area (Å²) in [5.41, 5.74) is 2.25. The quantitative estimate of drug-likeness (QED) is 0.504. The number of amides is 1. The summed E-state index contributed by atoms with van der Waals surface area (Å²) in [5.74, 6) is -0.915. The number of hydrogen-bond donors (Lipinski definition) is 2. The van der Waals surface area contributed by atoms with Crippen LogP contribution in [-0.4, -0.2) is 38.3 Å². The van der Waals surface area contributed by atoms with Crippen LogP contribution in [0, 0.1) is 5.82 Å². The molecule has 1 saturated carbocycles. The fourth-order valence-electron chi connectivity index (χ4n) is 3.83. The van der Waals surface area contributed by atoms with E-state index in [-0.39, 0.29) is 23.6 Å². The summed E-state index contributed by atoms with van der Waals surface area (Å²) in [5, 5.41) is 3.47. The smallest absolute Gasteiger partial charge is 0.270 e. The topological polar surface area (TPSA) is 82.5 Å². The molecule has 7 nitrogen and oxygen atoms in total. The average molecular weight is 419 g/mol. The Morgan fingerprint density at radius 3 is 2.94 bits per heavy atom. The number of benzene rings is 1. The summed E-state index contributed by atoms with van der Waals surface area (Å²) in [4.78, 5) is 34.6. The molecule has 1 aromatic carbocycles. The lowest BCUT2D eigenvalue weighted by molar-refractivity contribution is 0.0945. The summed E-state index contributed by atoms with van der Waals surface area (Å²) < 4.78 is 16.0. The summed E-state index contributed by atoms with van der Waals surface area (Å²) in [6, 6.07) is 12.1. The Kier molecular flexibility index (Phi) is 4.78. The van der Waals surface area contributed by atoms with E-state index in [0.29, 0.717) is 17.3 Å². The molecule has 3 heterocycles. The van der Waals surface area contributed by atoms with Gasteiger partial charge in [-0.05, 0) is 50.2 Å². The first-order chi connectivity index (χ1) is 15.0. The second-order valence-corrected chi connectivity index (χ2v) is 8.06. The number of hydrogen-bond acceptors (Lipinski definition) is 4. The Balaban J connectivity index is 1.33. The Labute approximate surface area is 177 Å². The van der Waals surface area contributed by atoms with Crippen LogP contribution >= 0.6 is 0 Å². The first-order valence-corrected chi connectivity index (χ1v) is 10.2. The molecule has 8 heteroatoms. The van der Waals surface area contributed by atoms with Gasteiger partial charge in [0.1, 0.15) is 17.2 Å². The van der Waals surface area contributed by atoms with Gasteiger partial charge in [-0.1, -0.05) is 6.07 Å². The number of H-pyrrole nitrogens is 1. The van der Waals surface area contributed by atoms with Crippen LogP contribution in [0.4, 0.5) is 4.39 Å². The summed E-state index contributed by atoms with van der Waals surface area (Å²) >= 11 is 0. The minimum absolute atomic E-state index is 0.00274. The van der Waals surface area contributed by atoms with Gasteiger partial charge in [0.25, 0.3) is 11.5 Å². The standard InChI is InChI=1S/C23H22FN5O2/c1-28(17-5-6-17)13-16-8-14-9-18(24)15(10-19(14)26-16)12-25-23(31)20-11-22(30)29-7-3-2-4-21(29)27-20/h2-4,7-11,17,26H,5-6,12-13H2,1H3,(H,25,31). The van der Waals surface area contributed by atoms with Gasteiger partial charge in [0.05, 0.1) is 0 Å². The average Bonchev–Trinajstić information content (AvgIpc) is 3.54. The van der Waals surface area contributed by atoms with Crippen LogP contribution in [0.2, 0.25) is 0 Å². The SMILES string of the molecule is CN(Cc1cc2cc(F)c(CNC(=O)c3cc(=O)n4ccccc4n3)cc2[nH]1)C1CC1. The molecular weight excluding hydrogens is 397 g/mol. The van der Waals surface area contributed by atoms with E-state index in [9.17, 15) is 14.0 Å². The Morgan fingerprint density at radius 1 is 1.29 bits per heavy atom. The molecule has 0 atom stereocenters. The van der Waals surface area contributed by atoms with Crippen molar-refractivity contribution >= 4 is 22.5 Å². The molecule has 0 unspecified atom stereocenters. The lowest BCUT2D eigenvalue weighted by Gasteiger charge is -2.13. The van der Waals surface area contributed by atoms with Crippen molar-refractivity contribution in [3.05, 3.63) is 81.8 Å². The Morgan fingerprint density at radius 2 is 2.13 bits per heavy atom. The van der Waals surface area contributed by atoms with Crippen molar-refractivity contribution in [1.29, 1.82) is 0 Å². The lowest BCUT2D eigenvalue weighted by atomic mass is 10.1. The number of carbonyl (C=O) groups excluding carboxylic acids is 1. The van der Waals surface area contributed by atoms with E-state index in [1.165, 1.54) is 29.4 Å². The number of aromatic nitrogens is 3. The van der Waals surface area contributed by atoms with E-state index in [1.807, 2.05) is 6.07 Å². The molecule has 31 heavy (non-hydrogen) atoms. The van der Waals surface area contributed by atoms with Crippen LogP contribution in [0.1, 0.15) is 34.6 Å². The molecule has 158 valence electrons. The first-order valence-electron chi connectivity index (χ1n) is 10.2. The molecule has 1 fully saturated rings. The second-order valence-electron chi connectivity index (χ2n) is 8.06. The number of nitrogens with zero attached hydrogens (tertiary/aromatic N) is 3. The zero-order valence-corrected chi connectivity index (χ0v) is 17.1. The van der Waals surface area contributed by atoms with Gasteiger partial charge in [0.15, 0.2) is 0 Å². The van der Waals surface area contributed by atoms with Gasteiger partial charge in [-0.25, -0.2) is 9.37 Å². The minimum Gasteiger partial charge on any atom is -0.357 e. The van der Waals surface area contributed by atoms with Crippen LogP contribution in [0.25, 0.3) is 16.6 Å². The zero-order chi connectivity index (χ0) is 21.5. The Hall–Kier alpha value is -3.52. The molecule has 0 spiro atoms. The summed E-state index contributed by atoms with van der Waals surface area (Å²) in [6.07, 6.45) is 4.05. The molecular formula is C23H22FN5O2. The van der Waals surface area contributed by atoms with Crippen LogP contribution in [-0.2, 0) is 13.1 Å². The fraction of sp³-hybridized carbons (Fsp3) is 0.261. The molecule has 0 saturated heterocycles. The predicted octanol–water partition coefficient (Wildman–Crippen LogP) is 2.84. The predicted molar refractivity (Wildman–Crippen MR) is 115 cm³/mol. The number of pyridine rings is 1. The molecule has 1 aliphatic rings. The third kappa shape index (κ3) is 3.94. The molecule has 0 bridgehead atoms. The van der Waals surface area contributed by atoms with E-state index < -0.39 is 5.91 Å². The summed E-state index contributed by atoms with van der Waals surface area (Å²) in [7, 11) is 2.09. The number of fused-ring (bicyclic) bond motifs is 2. The minimum atomic E-state index is -0.527. The fourth-order valence-corrected chi connectivity index (χ4v) is 3.83. The summed E-state index contributed by atoms with van der Waals surface area (Å²) in [6.45, 7) is 0.781. The monoisotopic (exact) mass is 419 g/mol. The van der Waals surface area contributed by atoms with Gasteiger partial charge in [-0.3, -0.25) is 18.9 Å². The molecule has 0 radical (unpaired) electrons. The molecule has 0 aliphatic heterocycles. The second kappa shape index (κ2) is 7.63. The number of nitrogens with one attached hydrogen (secondary N) is 2. The van der Waals surface area contributed by atoms with Crippen LogP contribution in [0.3, 0.4) is 0 Å². The van der Waals surface area contributed by atoms with Crippen molar-refractivity contribution in [3.8, 4) is 0 Å². The van der Waals surface area contributed by atoms with Crippen molar-refractivity contribution in [1.82, 2.24) is 24.6 Å². The van der Waals surface area contributed by atoms with Gasteiger partial charge in [0.2, 0.25) is 0 Å².